The zero-order chi connectivity index (χ0) is 16.2. The summed E-state index contributed by atoms with van der Waals surface area (Å²) < 4.78 is 0. The molecule has 3 rings (SSSR count). The summed E-state index contributed by atoms with van der Waals surface area (Å²) in [5.74, 6) is 0.107. The molecule has 0 fully saturated rings. The van der Waals surface area contributed by atoms with Crippen LogP contribution in [0.5, 0.6) is 0 Å². The van der Waals surface area contributed by atoms with E-state index in [1.807, 2.05) is 48.3 Å². The third-order valence-electron chi connectivity index (χ3n) is 4.36. The van der Waals surface area contributed by atoms with Crippen molar-refractivity contribution in [2.24, 2.45) is 0 Å². The molecule has 0 spiro atoms. The predicted octanol–water partition coefficient (Wildman–Crippen LogP) is 4.19. The minimum absolute atomic E-state index is 0.107. The Morgan fingerprint density at radius 1 is 1.17 bits per heavy atom. The van der Waals surface area contributed by atoms with E-state index in [1.54, 1.807) is 0 Å². The molecule has 1 amide bonds. The maximum atomic E-state index is 12.8. The van der Waals surface area contributed by atoms with Gasteiger partial charge in [-0.3, -0.25) is 4.79 Å². The topological polar surface area (TPSA) is 32.3 Å². The Labute approximate surface area is 137 Å². The van der Waals surface area contributed by atoms with Gasteiger partial charge in [-0.15, -0.1) is 0 Å². The number of benzene rings is 2. The number of nitrogens with zero attached hydrogens (tertiary/aromatic N) is 1. The smallest absolute Gasteiger partial charge is 0.254 e. The first-order valence-corrected chi connectivity index (χ1v) is 8.09. The van der Waals surface area contributed by atoms with Crippen molar-refractivity contribution in [3.05, 3.63) is 66.2 Å². The van der Waals surface area contributed by atoms with Crippen LogP contribution in [0.15, 0.2) is 60.7 Å². The second kappa shape index (κ2) is 6.69. The van der Waals surface area contributed by atoms with Crippen LogP contribution in [0.3, 0.4) is 0 Å². The first-order chi connectivity index (χ1) is 11.2. The van der Waals surface area contributed by atoms with Crippen LogP contribution in [0, 0.1) is 0 Å². The fourth-order valence-corrected chi connectivity index (χ4v) is 2.99. The van der Waals surface area contributed by atoms with Gasteiger partial charge in [-0.2, -0.15) is 0 Å². The number of anilines is 1. The molecule has 1 atom stereocenters. The van der Waals surface area contributed by atoms with Crippen molar-refractivity contribution in [2.75, 3.05) is 18.9 Å². The third-order valence-corrected chi connectivity index (χ3v) is 4.36. The summed E-state index contributed by atoms with van der Waals surface area (Å²) in [6.07, 6.45) is 5.15. The van der Waals surface area contributed by atoms with Crippen LogP contribution in [0.25, 0.3) is 11.1 Å². The van der Waals surface area contributed by atoms with E-state index in [9.17, 15) is 4.79 Å². The Morgan fingerprint density at radius 2 is 1.96 bits per heavy atom. The van der Waals surface area contributed by atoms with E-state index >= 15 is 0 Å². The van der Waals surface area contributed by atoms with Gasteiger partial charge >= 0.3 is 0 Å². The van der Waals surface area contributed by atoms with Crippen LogP contribution in [0.4, 0.5) is 5.69 Å². The van der Waals surface area contributed by atoms with Crippen LogP contribution in [-0.4, -0.2) is 30.4 Å². The summed E-state index contributed by atoms with van der Waals surface area (Å²) in [4.78, 5) is 14.7. The van der Waals surface area contributed by atoms with E-state index in [0.717, 1.165) is 28.8 Å². The highest BCUT2D eigenvalue weighted by Crippen LogP contribution is 2.24. The van der Waals surface area contributed by atoms with Crippen molar-refractivity contribution in [2.45, 2.75) is 19.4 Å². The van der Waals surface area contributed by atoms with Gasteiger partial charge in [0, 0.05) is 24.8 Å². The molecule has 1 aliphatic rings. The lowest BCUT2D eigenvalue weighted by atomic mass is 10.0. The molecule has 118 valence electrons. The van der Waals surface area contributed by atoms with E-state index in [-0.39, 0.29) is 11.9 Å². The SMILES string of the molecule is CC[C@@H]1C=CCN1C(=O)c1cccc(-c2ccc(NC)cc2)c1. The average Bonchev–Trinajstić information content (AvgIpc) is 3.10. The molecule has 0 bridgehead atoms. The fraction of sp³-hybridized carbons (Fsp3) is 0.250. The van der Waals surface area contributed by atoms with Crippen molar-refractivity contribution in [3.8, 4) is 11.1 Å². The molecule has 1 N–H and O–H groups in total. The number of nitrogens with one attached hydrogen (secondary N) is 1. The van der Waals surface area contributed by atoms with Crippen molar-refractivity contribution >= 4 is 11.6 Å². The molecule has 3 heteroatoms. The molecule has 2 aromatic rings. The lowest BCUT2D eigenvalue weighted by Gasteiger charge is -2.23. The Hall–Kier alpha value is -2.55. The molecule has 1 heterocycles. The molecule has 0 saturated carbocycles. The highest BCUT2D eigenvalue weighted by atomic mass is 16.2. The van der Waals surface area contributed by atoms with Gasteiger partial charge in [0.1, 0.15) is 0 Å². The van der Waals surface area contributed by atoms with Gasteiger partial charge in [0.25, 0.3) is 5.91 Å². The second-order valence-corrected chi connectivity index (χ2v) is 5.77. The number of hydrogen-bond acceptors (Lipinski definition) is 2. The summed E-state index contributed by atoms with van der Waals surface area (Å²) in [5.41, 5.74) is 4.01. The standard InChI is InChI=1S/C20H22N2O/c1-3-19-8-5-13-22(19)20(23)17-7-4-6-16(14-17)15-9-11-18(21-2)12-10-15/h4-12,14,19,21H,3,13H2,1-2H3/t19-/m1/s1. The summed E-state index contributed by atoms with van der Waals surface area (Å²) in [6, 6.07) is 16.3. The highest BCUT2D eigenvalue weighted by Gasteiger charge is 2.24. The Bertz CT molecular complexity index is 719. The first-order valence-electron chi connectivity index (χ1n) is 8.09. The minimum atomic E-state index is 0.107. The van der Waals surface area contributed by atoms with E-state index < -0.39 is 0 Å². The van der Waals surface area contributed by atoms with Crippen molar-refractivity contribution in [3.63, 3.8) is 0 Å². The molecular formula is C20H22N2O. The number of hydrogen-bond donors (Lipinski definition) is 1. The van der Waals surface area contributed by atoms with E-state index in [2.05, 4.69) is 36.5 Å². The third kappa shape index (κ3) is 3.14. The van der Waals surface area contributed by atoms with E-state index in [0.29, 0.717) is 6.54 Å². The lowest BCUT2D eigenvalue weighted by molar-refractivity contribution is 0.0747. The monoisotopic (exact) mass is 306 g/mol. The van der Waals surface area contributed by atoms with Crippen molar-refractivity contribution in [1.29, 1.82) is 0 Å². The van der Waals surface area contributed by atoms with Gasteiger partial charge in [0.2, 0.25) is 0 Å². The van der Waals surface area contributed by atoms with Gasteiger partial charge in [0.15, 0.2) is 0 Å². The molecule has 0 saturated heterocycles. The molecule has 3 nitrogen and oxygen atoms in total. The zero-order valence-corrected chi connectivity index (χ0v) is 13.6. The fourth-order valence-electron chi connectivity index (χ4n) is 2.99. The number of amides is 1. The Kier molecular flexibility index (Phi) is 4.47. The molecule has 1 aliphatic heterocycles. The Balaban J connectivity index is 1.86. The molecule has 0 aromatic heterocycles. The second-order valence-electron chi connectivity index (χ2n) is 5.77. The van der Waals surface area contributed by atoms with Gasteiger partial charge in [-0.25, -0.2) is 0 Å². The van der Waals surface area contributed by atoms with Crippen LogP contribution in [0.2, 0.25) is 0 Å². The molecule has 2 aromatic carbocycles. The maximum absolute atomic E-state index is 12.8. The van der Waals surface area contributed by atoms with Gasteiger partial charge in [-0.1, -0.05) is 43.3 Å². The summed E-state index contributed by atoms with van der Waals surface area (Å²) in [5, 5.41) is 3.12. The molecule has 0 radical (unpaired) electrons. The molecule has 23 heavy (non-hydrogen) atoms. The predicted molar refractivity (Wildman–Crippen MR) is 95.7 cm³/mol. The van der Waals surface area contributed by atoms with Gasteiger partial charge in [-0.05, 0) is 41.8 Å². The maximum Gasteiger partial charge on any atom is 0.254 e. The van der Waals surface area contributed by atoms with Crippen molar-refractivity contribution < 1.29 is 4.79 Å². The highest BCUT2D eigenvalue weighted by molar-refractivity contribution is 5.96. The lowest BCUT2D eigenvalue weighted by Crippen LogP contribution is -2.35. The Morgan fingerprint density at radius 3 is 2.65 bits per heavy atom. The molecular weight excluding hydrogens is 284 g/mol. The quantitative estimate of drug-likeness (QED) is 0.859. The normalized spacial score (nSPS) is 16.6. The number of rotatable bonds is 4. The minimum Gasteiger partial charge on any atom is -0.388 e. The van der Waals surface area contributed by atoms with Crippen LogP contribution < -0.4 is 5.32 Å². The van der Waals surface area contributed by atoms with Crippen LogP contribution in [-0.2, 0) is 0 Å². The summed E-state index contributed by atoms with van der Waals surface area (Å²) >= 11 is 0. The van der Waals surface area contributed by atoms with E-state index in [4.69, 9.17) is 0 Å². The zero-order valence-electron chi connectivity index (χ0n) is 13.6. The number of carbonyl (C=O) groups excluding carboxylic acids is 1. The van der Waals surface area contributed by atoms with Crippen LogP contribution in [0.1, 0.15) is 23.7 Å². The van der Waals surface area contributed by atoms with Crippen LogP contribution >= 0.6 is 0 Å². The summed E-state index contributed by atoms with van der Waals surface area (Å²) in [7, 11) is 1.91. The van der Waals surface area contributed by atoms with E-state index in [1.165, 1.54) is 0 Å². The van der Waals surface area contributed by atoms with Gasteiger partial charge < -0.3 is 10.2 Å². The summed E-state index contributed by atoms with van der Waals surface area (Å²) in [6.45, 7) is 2.82. The van der Waals surface area contributed by atoms with Crippen molar-refractivity contribution in [1.82, 2.24) is 4.90 Å². The average molecular weight is 306 g/mol. The first kappa shape index (κ1) is 15.3. The molecule has 0 unspecified atom stereocenters. The number of carbonyl (C=O) groups is 1. The largest absolute Gasteiger partial charge is 0.388 e. The van der Waals surface area contributed by atoms with Gasteiger partial charge in [0.05, 0.1) is 6.04 Å². The molecule has 0 aliphatic carbocycles.